The van der Waals surface area contributed by atoms with Crippen LogP contribution in [0.5, 0.6) is 11.5 Å². The van der Waals surface area contributed by atoms with Crippen LogP contribution >= 0.6 is 0 Å². The van der Waals surface area contributed by atoms with Crippen molar-refractivity contribution in [3.63, 3.8) is 0 Å². The molecule has 4 rings (SSSR count). The minimum Gasteiger partial charge on any atom is -0.504 e. The Kier molecular flexibility index (Phi) is 4.22. The summed E-state index contributed by atoms with van der Waals surface area (Å²) in [5, 5.41) is 22.9. The lowest BCUT2D eigenvalue weighted by Gasteiger charge is -2.16. The van der Waals surface area contributed by atoms with Crippen LogP contribution in [0.25, 0.3) is 10.9 Å². The molecule has 0 bridgehead atoms. The van der Waals surface area contributed by atoms with Crippen LogP contribution in [0.4, 0.5) is 5.69 Å². The molecule has 4 N–H and O–H groups in total. The fourth-order valence-corrected chi connectivity index (χ4v) is 3.37. The lowest BCUT2D eigenvalue weighted by Crippen LogP contribution is -2.27. The van der Waals surface area contributed by atoms with Gasteiger partial charge >= 0.3 is 5.97 Å². The molecule has 1 amide bonds. The van der Waals surface area contributed by atoms with Gasteiger partial charge in [-0.3, -0.25) is 4.79 Å². The number of nitrogens with one attached hydrogen (secondary N) is 2. The summed E-state index contributed by atoms with van der Waals surface area (Å²) >= 11 is 0. The van der Waals surface area contributed by atoms with Gasteiger partial charge in [0, 0.05) is 16.6 Å². The number of carbonyl (C=O) groups excluding carboxylic acids is 2. The number of H-pyrrole nitrogens is 1. The molecule has 7 nitrogen and oxygen atoms in total. The van der Waals surface area contributed by atoms with Crippen LogP contribution in [0.2, 0.25) is 0 Å². The Bertz CT molecular complexity index is 1080. The van der Waals surface area contributed by atoms with Crippen LogP contribution in [0.1, 0.15) is 35.8 Å². The molecule has 28 heavy (non-hydrogen) atoms. The Morgan fingerprint density at radius 2 is 1.89 bits per heavy atom. The minimum atomic E-state index is -0.700. The Morgan fingerprint density at radius 3 is 2.57 bits per heavy atom. The third-order valence-corrected chi connectivity index (χ3v) is 5.09. The van der Waals surface area contributed by atoms with Crippen molar-refractivity contribution in [3.8, 4) is 11.5 Å². The van der Waals surface area contributed by atoms with Gasteiger partial charge in [-0.05, 0) is 61.7 Å². The Morgan fingerprint density at radius 1 is 1.11 bits per heavy atom. The molecule has 0 spiro atoms. The number of esters is 1. The number of phenols is 2. The maximum absolute atomic E-state index is 12.9. The van der Waals surface area contributed by atoms with Gasteiger partial charge in [0.25, 0.3) is 0 Å². The number of aromatic hydroxyl groups is 2. The number of benzene rings is 2. The van der Waals surface area contributed by atoms with E-state index in [1.165, 1.54) is 12.1 Å². The highest BCUT2D eigenvalue weighted by molar-refractivity contribution is 6.03. The van der Waals surface area contributed by atoms with E-state index >= 15 is 0 Å². The molecule has 1 aliphatic rings. The minimum absolute atomic E-state index is 0.168. The molecule has 0 saturated heterocycles. The molecule has 144 valence electrons. The summed E-state index contributed by atoms with van der Waals surface area (Å²) in [6.45, 7) is 2.04. The molecule has 1 fully saturated rings. The highest BCUT2D eigenvalue weighted by atomic mass is 16.5. The van der Waals surface area contributed by atoms with Crippen LogP contribution in [0.15, 0.2) is 42.5 Å². The molecule has 1 saturated carbocycles. The van der Waals surface area contributed by atoms with E-state index < -0.39 is 11.4 Å². The first-order valence-corrected chi connectivity index (χ1v) is 9.07. The number of hydrogen-bond donors (Lipinski definition) is 4. The molecular weight excluding hydrogens is 360 g/mol. The van der Waals surface area contributed by atoms with Gasteiger partial charge in [0.2, 0.25) is 5.91 Å². The van der Waals surface area contributed by atoms with E-state index in [1.54, 1.807) is 37.3 Å². The van der Waals surface area contributed by atoms with E-state index in [0.29, 0.717) is 36.4 Å². The molecule has 1 aliphatic carbocycles. The molecule has 1 heterocycles. The number of amides is 1. The fourth-order valence-electron chi connectivity index (χ4n) is 3.37. The lowest BCUT2D eigenvalue weighted by molar-refractivity contribution is -0.118. The van der Waals surface area contributed by atoms with Crippen LogP contribution in [0, 0.1) is 0 Å². The van der Waals surface area contributed by atoms with Crippen LogP contribution in [0.3, 0.4) is 0 Å². The Labute approximate surface area is 161 Å². The molecule has 0 radical (unpaired) electrons. The number of carbonyl (C=O) groups is 2. The third kappa shape index (κ3) is 3.05. The average Bonchev–Trinajstić information content (AvgIpc) is 3.37. The Hall–Kier alpha value is -3.48. The fraction of sp³-hybridized carbons (Fsp3) is 0.238. The quantitative estimate of drug-likeness (QED) is 0.400. The van der Waals surface area contributed by atoms with E-state index in [2.05, 4.69) is 10.3 Å². The zero-order valence-corrected chi connectivity index (χ0v) is 15.3. The van der Waals surface area contributed by atoms with Crippen molar-refractivity contribution in [2.75, 3.05) is 11.9 Å². The van der Waals surface area contributed by atoms with E-state index in [0.717, 1.165) is 10.9 Å². The summed E-state index contributed by atoms with van der Waals surface area (Å²) in [4.78, 5) is 27.8. The smallest absolute Gasteiger partial charge is 0.354 e. The predicted molar refractivity (Wildman–Crippen MR) is 104 cm³/mol. The molecular formula is C21H20N2O5. The van der Waals surface area contributed by atoms with Crippen molar-refractivity contribution in [1.29, 1.82) is 0 Å². The predicted octanol–water partition coefficient (Wildman–Crippen LogP) is 3.43. The molecule has 7 heteroatoms. The summed E-state index contributed by atoms with van der Waals surface area (Å²) in [5.74, 6) is -1.04. The number of anilines is 1. The van der Waals surface area contributed by atoms with Crippen molar-refractivity contribution in [2.24, 2.45) is 0 Å². The molecule has 2 aromatic carbocycles. The first kappa shape index (κ1) is 17.9. The molecule has 1 aromatic heterocycles. The number of phenolic OH excluding ortho intramolecular Hbond substituents is 2. The second-order valence-electron chi connectivity index (χ2n) is 6.95. The van der Waals surface area contributed by atoms with Crippen molar-refractivity contribution in [2.45, 2.75) is 25.2 Å². The second kappa shape index (κ2) is 6.60. The monoisotopic (exact) mass is 380 g/mol. The van der Waals surface area contributed by atoms with Crippen LogP contribution < -0.4 is 5.32 Å². The number of aromatic nitrogens is 1. The number of fused-ring (bicyclic) bond motifs is 1. The largest absolute Gasteiger partial charge is 0.504 e. The van der Waals surface area contributed by atoms with Crippen molar-refractivity contribution in [1.82, 2.24) is 4.98 Å². The highest BCUT2D eigenvalue weighted by Gasteiger charge is 2.51. The van der Waals surface area contributed by atoms with Gasteiger partial charge < -0.3 is 25.3 Å². The third-order valence-electron chi connectivity index (χ3n) is 5.09. The molecule has 0 atom stereocenters. The van der Waals surface area contributed by atoms with E-state index in [-0.39, 0.29) is 17.4 Å². The summed E-state index contributed by atoms with van der Waals surface area (Å²) in [7, 11) is 0. The zero-order chi connectivity index (χ0) is 19.9. The topological polar surface area (TPSA) is 112 Å². The van der Waals surface area contributed by atoms with Crippen LogP contribution in [-0.4, -0.2) is 33.7 Å². The second-order valence-corrected chi connectivity index (χ2v) is 6.95. The summed E-state index contributed by atoms with van der Waals surface area (Å²) in [6, 6.07) is 11.5. The maximum Gasteiger partial charge on any atom is 0.354 e. The number of ether oxygens (including phenoxy) is 1. The van der Waals surface area contributed by atoms with Crippen LogP contribution in [-0.2, 0) is 14.9 Å². The standard InChI is InChI=1S/C21H20N2O5/c1-2-28-19(26)16-10-12-9-14(4-5-15(12)23-16)22-20(27)21(7-8-21)13-3-6-17(24)18(25)11-13/h3-6,9-11,23-25H,2,7-8H2,1H3,(H,22,27). The van der Waals surface area contributed by atoms with Gasteiger partial charge in [0.1, 0.15) is 5.69 Å². The van der Waals surface area contributed by atoms with E-state index in [4.69, 9.17) is 4.74 Å². The lowest BCUT2D eigenvalue weighted by atomic mass is 9.94. The summed E-state index contributed by atoms with van der Waals surface area (Å²) < 4.78 is 4.99. The van der Waals surface area contributed by atoms with Crippen molar-refractivity contribution in [3.05, 3.63) is 53.7 Å². The Balaban J connectivity index is 1.56. The number of hydrogen-bond acceptors (Lipinski definition) is 5. The van der Waals surface area contributed by atoms with Gasteiger partial charge in [-0.1, -0.05) is 6.07 Å². The maximum atomic E-state index is 12.9. The normalized spacial score (nSPS) is 14.6. The molecule has 0 aliphatic heterocycles. The first-order chi connectivity index (χ1) is 13.4. The van der Waals surface area contributed by atoms with Crippen molar-refractivity contribution < 1.29 is 24.5 Å². The highest BCUT2D eigenvalue weighted by Crippen LogP contribution is 2.50. The van der Waals surface area contributed by atoms with Gasteiger partial charge in [0.15, 0.2) is 11.5 Å². The average molecular weight is 380 g/mol. The van der Waals surface area contributed by atoms with Crippen molar-refractivity contribution >= 4 is 28.5 Å². The van der Waals surface area contributed by atoms with Gasteiger partial charge in [-0.25, -0.2) is 4.79 Å². The number of rotatable bonds is 5. The summed E-state index contributed by atoms with van der Waals surface area (Å²) in [6.07, 6.45) is 1.34. The number of aromatic amines is 1. The summed E-state index contributed by atoms with van der Waals surface area (Å²) in [5.41, 5.74) is 1.71. The zero-order valence-electron chi connectivity index (χ0n) is 15.3. The van der Waals surface area contributed by atoms with Gasteiger partial charge in [0.05, 0.1) is 12.0 Å². The molecule has 0 unspecified atom stereocenters. The van der Waals surface area contributed by atoms with E-state index in [1.807, 2.05) is 0 Å². The molecule has 3 aromatic rings. The van der Waals surface area contributed by atoms with Gasteiger partial charge in [-0.15, -0.1) is 0 Å². The SMILES string of the molecule is CCOC(=O)c1cc2cc(NC(=O)C3(c4ccc(O)c(O)c4)CC3)ccc2[nH]1. The van der Waals surface area contributed by atoms with E-state index in [9.17, 15) is 19.8 Å². The first-order valence-electron chi connectivity index (χ1n) is 9.07. The van der Waals surface area contributed by atoms with Gasteiger partial charge in [-0.2, -0.15) is 0 Å².